The molecule has 20 heavy (non-hydrogen) atoms. The molecule has 0 atom stereocenters. The van der Waals surface area contributed by atoms with E-state index in [0.29, 0.717) is 44.0 Å². The van der Waals surface area contributed by atoms with Crippen molar-refractivity contribution >= 4 is 5.91 Å². The molecule has 1 aromatic rings. The zero-order chi connectivity index (χ0) is 14.8. The third kappa shape index (κ3) is 5.99. The standard InChI is InChI=1S/C14H21FN2O3/c1-19-8-7-17-14(18)5-6-16-10-11-3-4-12(20-2)9-13(11)15/h3-4,9,16H,5-8,10H2,1-2H3,(H,17,18). The van der Waals surface area contributed by atoms with E-state index >= 15 is 0 Å². The monoisotopic (exact) mass is 284 g/mol. The number of benzene rings is 1. The molecular formula is C14H21FN2O3. The molecule has 0 aliphatic heterocycles. The number of rotatable bonds is 9. The molecule has 0 fully saturated rings. The maximum Gasteiger partial charge on any atom is 0.221 e. The highest BCUT2D eigenvalue weighted by Crippen LogP contribution is 2.15. The summed E-state index contributed by atoms with van der Waals surface area (Å²) in [5.41, 5.74) is 0.547. The first-order valence-corrected chi connectivity index (χ1v) is 6.46. The number of carbonyl (C=O) groups is 1. The van der Waals surface area contributed by atoms with Gasteiger partial charge in [-0.1, -0.05) is 6.07 Å². The molecule has 1 aromatic carbocycles. The Morgan fingerprint density at radius 3 is 2.75 bits per heavy atom. The molecule has 0 radical (unpaired) electrons. The molecule has 0 saturated heterocycles. The van der Waals surface area contributed by atoms with Crippen molar-refractivity contribution in [2.75, 3.05) is 33.9 Å². The highest BCUT2D eigenvalue weighted by Gasteiger charge is 2.04. The number of hydrogen-bond donors (Lipinski definition) is 2. The molecule has 0 aliphatic carbocycles. The Labute approximate surface area is 118 Å². The fourth-order valence-corrected chi connectivity index (χ4v) is 1.60. The zero-order valence-corrected chi connectivity index (χ0v) is 11.9. The van der Waals surface area contributed by atoms with Crippen LogP contribution in [-0.4, -0.2) is 39.8 Å². The highest BCUT2D eigenvalue weighted by molar-refractivity contribution is 5.76. The van der Waals surface area contributed by atoms with E-state index in [1.54, 1.807) is 19.2 Å². The Morgan fingerprint density at radius 1 is 1.30 bits per heavy atom. The van der Waals surface area contributed by atoms with Gasteiger partial charge in [0.25, 0.3) is 0 Å². The lowest BCUT2D eigenvalue weighted by molar-refractivity contribution is -0.121. The molecule has 2 N–H and O–H groups in total. The first-order chi connectivity index (χ1) is 9.67. The van der Waals surface area contributed by atoms with Crippen LogP contribution in [0.4, 0.5) is 4.39 Å². The average Bonchev–Trinajstić information content (AvgIpc) is 2.45. The molecule has 1 amide bonds. The minimum atomic E-state index is -0.318. The second-order valence-electron chi connectivity index (χ2n) is 4.23. The normalized spacial score (nSPS) is 10.3. The maximum absolute atomic E-state index is 13.6. The Bertz CT molecular complexity index is 427. The Hall–Kier alpha value is -1.66. The van der Waals surface area contributed by atoms with Crippen molar-refractivity contribution in [1.29, 1.82) is 0 Å². The van der Waals surface area contributed by atoms with Crippen LogP contribution in [0.3, 0.4) is 0 Å². The van der Waals surface area contributed by atoms with E-state index in [-0.39, 0.29) is 11.7 Å². The van der Waals surface area contributed by atoms with E-state index in [1.165, 1.54) is 13.2 Å². The second kappa shape index (κ2) is 9.28. The van der Waals surface area contributed by atoms with Crippen LogP contribution in [0.2, 0.25) is 0 Å². The van der Waals surface area contributed by atoms with Gasteiger partial charge in [0.1, 0.15) is 11.6 Å². The summed E-state index contributed by atoms with van der Waals surface area (Å²) in [7, 11) is 3.08. The molecular weight excluding hydrogens is 263 g/mol. The first-order valence-electron chi connectivity index (χ1n) is 6.46. The molecule has 1 rings (SSSR count). The molecule has 6 heteroatoms. The highest BCUT2D eigenvalue weighted by atomic mass is 19.1. The summed E-state index contributed by atoms with van der Waals surface area (Å²) in [5, 5.41) is 5.74. The van der Waals surface area contributed by atoms with E-state index in [2.05, 4.69) is 10.6 Å². The third-order valence-electron chi connectivity index (χ3n) is 2.73. The second-order valence-corrected chi connectivity index (χ2v) is 4.23. The van der Waals surface area contributed by atoms with Crippen LogP contribution in [0.15, 0.2) is 18.2 Å². The predicted molar refractivity (Wildman–Crippen MR) is 74.2 cm³/mol. The number of carbonyl (C=O) groups excluding carboxylic acids is 1. The smallest absolute Gasteiger partial charge is 0.221 e. The summed E-state index contributed by atoms with van der Waals surface area (Å²) in [6, 6.07) is 4.71. The van der Waals surface area contributed by atoms with Gasteiger partial charge in [0.2, 0.25) is 5.91 Å². The van der Waals surface area contributed by atoms with Crippen molar-refractivity contribution in [2.24, 2.45) is 0 Å². The number of hydrogen-bond acceptors (Lipinski definition) is 4. The quantitative estimate of drug-likeness (QED) is 0.666. The van der Waals surface area contributed by atoms with Gasteiger partial charge < -0.3 is 20.1 Å². The number of nitrogens with one attached hydrogen (secondary N) is 2. The lowest BCUT2D eigenvalue weighted by Crippen LogP contribution is -2.30. The molecule has 0 aliphatic rings. The van der Waals surface area contributed by atoms with Crippen LogP contribution < -0.4 is 15.4 Å². The van der Waals surface area contributed by atoms with E-state index in [4.69, 9.17) is 9.47 Å². The largest absolute Gasteiger partial charge is 0.497 e. The summed E-state index contributed by atoms with van der Waals surface area (Å²) in [4.78, 5) is 11.4. The van der Waals surface area contributed by atoms with Crippen molar-refractivity contribution in [3.8, 4) is 5.75 Å². The van der Waals surface area contributed by atoms with Gasteiger partial charge in [-0.2, -0.15) is 0 Å². The van der Waals surface area contributed by atoms with Crippen molar-refractivity contribution in [3.63, 3.8) is 0 Å². The topological polar surface area (TPSA) is 59.6 Å². The van der Waals surface area contributed by atoms with E-state index in [1.807, 2.05) is 0 Å². The number of ether oxygens (including phenoxy) is 2. The molecule has 0 bridgehead atoms. The number of methoxy groups -OCH3 is 2. The summed E-state index contributed by atoms with van der Waals surface area (Å²) in [6.07, 6.45) is 0.349. The average molecular weight is 284 g/mol. The maximum atomic E-state index is 13.6. The third-order valence-corrected chi connectivity index (χ3v) is 2.73. The van der Waals surface area contributed by atoms with Gasteiger partial charge in [-0.3, -0.25) is 4.79 Å². The SMILES string of the molecule is COCCNC(=O)CCNCc1ccc(OC)cc1F. The lowest BCUT2D eigenvalue weighted by atomic mass is 10.2. The van der Waals surface area contributed by atoms with E-state index in [0.717, 1.165) is 0 Å². The van der Waals surface area contributed by atoms with E-state index in [9.17, 15) is 9.18 Å². The van der Waals surface area contributed by atoms with Crippen LogP contribution in [-0.2, 0) is 16.1 Å². The van der Waals surface area contributed by atoms with Gasteiger partial charge in [0.15, 0.2) is 0 Å². The summed E-state index contributed by atoms with van der Waals surface area (Å²) < 4.78 is 23.4. The fraction of sp³-hybridized carbons (Fsp3) is 0.500. The molecule has 112 valence electrons. The van der Waals surface area contributed by atoms with Crippen LogP contribution in [0.25, 0.3) is 0 Å². The lowest BCUT2D eigenvalue weighted by Gasteiger charge is -2.08. The van der Waals surface area contributed by atoms with Gasteiger partial charge in [-0.15, -0.1) is 0 Å². The Balaban J connectivity index is 2.22. The van der Waals surface area contributed by atoms with Gasteiger partial charge >= 0.3 is 0 Å². The van der Waals surface area contributed by atoms with Crippen LogP contribution in [0, 0.1) is 5.82 Å². The van der Waals surface area contributed by atoms with Gasteiger partial charge in [-0.25, -0.2) is 4.39 Å². The number of halogens is 1. The molecule has 0 aromatic heterocycles. The van der Waals surface area contributed by atoms with Crippen molar-refractivity contribution in [2.45, 2.75) is 13.0 Å². The minimum absolute atomic E-state index is 0.0512. The summed E-state index contributed by atoms with van der Waals surface area (Å²) in [5.74, 6) is 0.120. The fourth-order valence-electron chi connectivity index (χ4n) is 1.60. The van der Waals surface area contributed by atoms with Crippen LogP contribution >= 0.6 is 0 Å². The minimum Gasteiger partial charge on any atom is -0.497 e. The number of amides is 1. The Morgan fingerprint density at radius 2 is 2.10 bits per heavy atom. The van der Waals surface area contributed by atoms with Crippen molar-refractivity contribution in [1.82, 2.24) is 10.6 Å². The molecule has 0 heterocycles. The van der Waals surface area contributed by atoms with Crippen LogP contribution in [0.1, 0.15) is 12.0 Å². The van der Waals surface area contributed by atoms with Crippen molar-refractivity contribution < 1.29 is 18.7 Å². The van der Waals surface area contributed by atoms with Gasteiger partial charge in [-0.05, 0) is 6.07 Å². The van der Waals surface area contributed by atoms with Crippen molar-refractivity contribution in [3.05, 3.63) is 29.6 Å². The Kier molecular flexibility index (Phi) is 7.60. The zero-order valence-electron chi connectivity index (χ0n) is 11.9. The van der Waals surface area contributed by atoms with Gasteiger partial charge in [0, 0.05) is 44.8 Å². The van der Waals surface area contributed by atoms with Crippen LogP contribution in [0.5, 0.6) is 5.75 Å². The predicted octanol–water partition coefficient (Wildman–Crippen LogP) is 1.08. The molecule has 0 saturated carbocycles. The molecule has 0 spiro atoms. The van der Waals surface area contributed by atoms with Gasteiger partial charge in [0.05, 0.1) is 13.7 Å². The summed E-state index contributed by atoms with van der Waals surface area (Å²) in [6.45, 7) is 1.87. The summed E-state index contributed by atoms with van der Waals surface area (Å²) >= 11 is 0. The first kappa shape index (κ1) is 16.4. The molecule has 0 unspecified atom stereocenters. The molecule has 5 nitrogen and oxygen atoms in total. The van der Waals surface area contributed by atoms with E-state index < -0.39 is 0 Å².